The lowest BCUT2D eigenvalue weighted by Gasteiger charge is -2.27. The molecule has 0 unspecified atom stereocenters. The predicted octanol–water partition coefficient (Wildman–Crippen LogP) is -0.236. The van der Waals surface area contributed by atoms with Crippen LogP contribution in [0, 0.1) is 6.92 Å². The number of rotatable bonds is 1. The third-order valence-corrected chi connectivity index (χ3v) is 2.47. The number of H-pyrrole nitrogens is 1. The normalized spacial score (nSPS) is 17.1. The van der Waals surface area contributed by atoms with E-state index in [4.69, 9.17) is 0 Å². The smallest absolute Gasteiger partial charge is 0.257 e. The fourth-order valence-corrected chi connectivity index (χ4v) is 1.61. The van der Waals surface area contributed by atoms with E-state index < -0.39 is 0 Å². The highest BCUT2D eigenvalue weighted by Crippen LogP contribution is 2.07. The lowest BCUT2D eigenvalue weighted by molar-refractivity contribution is 0.0735. The van der Waals surface area contributed by atoms with Gasteiger partial charge in [-0.2, -0.15) is 5.10 Å². The van der Waals surface area contributed by atoms with Crippen LogP contribution < -0.4 is 5.32 Å². The highest BCUT2D eigenvalue weighted by molar-refractivity contribution is 5.95. The second-order valence-electron chi connectivity index (χ2n) is 3.43. The molecule has 2 heterocycles. The Hall–Kier alpha value is -1.36. The van der Waals surface area contributed by atoms with E-state index >= 15 is 0 Å². The van der Waals surface area contributed by atoms with Gasteiger partial charge in [0.05, 0.1) is 11.3 Å². The summed E-state index contributed by atoms with van der Waals surface area (Å²) in [5, 5.41) is 9.86. The summed E-state index contributed by atoms with van der Waals surface area (Å²) in [7, 11) is 0. The highest BCUT2D eigenvalue weighted by Gasteiger charge is 2.20. The monoisotopic (exact) mass is 194 g/mol. The number of piperazine rings is 1. The number of aryl methyl sites for hydroxylation is 1. The van der Waals surface area contributed by atoms with Gasteiger partial charge in [0.15, 0.2) is 0 Å². The predicted molar refractivity (Wildman–Crippen MR) is 52.1 cm³/mol. The molecule has 14 heavy (non-hydrogen) atoms. The molecule has 1 aromatic heterocycles. The Morgan fingerprint density at radius 2 is 2.21 bits per heavy atom. The first-order valence-electron chi connectivity index (χ1n) is 4.79. The van der Waals surface area contributed by atoms with E-state index in [9.17, 15) is 4.79 Å². The number of aromatic nitrogens is 2. The van der Waals surface area contributed by atoms with Gasteiger partial charge < -0.3 is 10.2 Å². The minimum absolute atomic E-state index is 0.0813. The lowest BCUT2D eigenvalue weighted by Crippen LogP contribution is -2.46. The molecule has 76 valence electrons. The molecule has 2 N–H and O–H groups in total. The third kappa shape index (κ3) is 1.63. The van der Waals surface area contributed by atoms with Crippen LogP contribution in [-0.4, -0.2) is 47.2 Å². The Morgan fingerprint density at radius 1 is 1.50 bits per heavy atom. The van der Waals surface area contributed by atoms with Crippen molar-refractivity contribution in [2.75, 3.05) is 26.2 Å². The van der Waals surface area contributed by atoms with E-state index in [1.54, 1.807) is 6.20 Å². The maximum absolute atomic E-state index is 11.9. The minimum Gasteiger partial charge on any atom is -0.336 e. The molecule has 0 spiro atoms. The van der Waals surface area contributed by atoms with Crippen molar-refractivity contribution in [3.05, 3.63) is 17.5 Å². The summed E-state index contributed by atoms with van der Waals surface area (Å²) in [6.45, 7) is 5.16. The van der Waals surface area contributed by atoms with Crippen molar-refractivity contribution in [1.29, 1.82) is 0 Å². The molecule has 0 bridgehead atoms. The first-order valence-corrected chi connectivity index (χ1v) is 4.79. The van der Waals surface area contributed by atoms with E-state index in [2.05, 4.69) is 15.5 Å². The summed E-state index contributed by atoms with van der Waals surface area (Å²) in [6, 6.07) is 0. The molecule has 1 aromatic rings. The topological polar surface area (TPSA) is 61.0 Å². The molecule has 5 heteroatoms. The van der Waals surface area contributed by atoms with Gasteiger partial charge in [-0.05, 0) is 6.92 Å². The molecule has 0 saturated carbocycles. The van der Waals surface area contributed by atoms with Crippen molar-refractivity contribution < 1.29 is 4.79 Å². The Labute approximate surface area is 82.5 Å². The molecule has 1 aliphatic heterocycles. The number of hydrogen-bond donors (Lipinski definition) is 2. The molecule has 0 aromatic carbocycles. The molecule has 1 aliphatic rings. The molecule has 0 aliphatic carbocycles. The largest absolute Gasteiger partial charge is 0.336 e. The van der Waals surface area contributed by atoms with Crippen LogP contribution in [0.5, 0.6) is 0 Å². The van der Waals surface area contributed by atoms with Crippen LogP contribution in [0.1, 0.15) is 16.1 Å². The number of nitrogens with one attached hydrogen (secondary N) is 2. The van der Waals surface area contributed by atoms with Crippen LogP contribution in [0.4, 0.5) is 0 Å². The number of carbonyl (C=O) groups is 1. The van der Waals surface area contributed by atoms with Crippen molar-refractivity contribution >= 4 is 5.91 Å². The zero-order chi connectivity index (χ0) is 9.97. The molecular formula is C9H14N4O. The molecule has 2 rings (SSSR count). The van der Waals surface area contributed by atoms with Gasteiger partial charge >= 0.3 is 0 Å². The van der Waals surface area contributed by atoms with E-state index in [1.807, 2.05) is 11.8 Å². The van der Waals surface area contributed by atoms with Gasteiger partial charge in [0.25, 0.3) is 5.91 Å². The van der Waals surface area contributed by atoms with E-state index in [1.165, 1.54) is 0 Å². The maximum atomic E-state index is 11.9. The van der Waals surface area contributed by atoms with Crippen molar-refractivity contribution in [3.8, 4) is 0 Å². The standard InChI is InChI=1S/C9H14N4O/c1-7-8(6-11-12-7)9(14)13-4-2-10-3-5-13/h6,10H,2-5H2,1H3,(H,11,12). The Kier molecular flexibility index (Phi) is 2.49. The first kappa shape index (κ1) is 9.21. The number of amides is 1. The number of aromatic amines is 1. The molecule has 1 amide bonds. The Balaban J connectivity index is 2.11. The van der Waals surface area contributed by atoms with Crippen molar-refractivity contribution in [2.24, 2.45) is 0 Å². The summed E-state index contributed by atoms with van der Waals surface area (Å²) in [4.78, 5) is 13.8. The fraction of sp³-hybridized carbons (Fsp3) is 0.556. The molecule has 1 fully saturated rings. The first-order chi connectivity index (χ1) is 6.79. The van der Waals surface area contributed by atoms with Gasteiger partial charge in [0.2, 0.25) is 0 Å². The van der Waals surface area contributed by atoms with Gasteiger partial charge in [-0.1, -0.05) is 0 Å². The van der Waals surface area contributed by atoms with Crippen molar-refractivity contribution in [1.82, 2.24) is 20.4 Å². The maximum Gasteiger partial charge on any atom is 0.257 e. The second kappa shape index (κ2) is 3.79. The van der Waals surface area contributed by atoms with Crippen LogP contribution in [0.3, 0.4) is 0 Å². The van der Waals surface area contributed by atoms with Gasteiger partial charge in [0.1, 0.15) is 0 Å². The zero-order valence-electron chi connectivity index (χ0n) is 8.21. The van der Waals surface area contributed by atoms with E-state index in [0.29, 0.717) is 5.56 Å². The summed E-state index contributed by atoms with van der Waals surface area (Å²) in [6.07, 6.45) is 1.67. The molecule has 1 saturated heterocycles. The average molecular weight is 194 g/mol. The molecule has 5 nitrogen and oxygen atoms in total. The van der Waals surface area contributed by atoms with E-state index in [0.717, 1.165) is 31.9 Å². The molecular weight excluding hydrogens is 180 g/mol. The quantitative estimate of drug-likeness (QED) is 0.649. The molecule has 0 radical (unpaired) electrons. The van der Waals surface area contributed by atoms with E-state index in [-0.39, 0.29) is 5.91 Å². The van der Waals surface area contributed by atoms with Gasteiger partial charge in [0, 0.05) is 32.4 Å². The molecule has 0 atom stereocenters. The van der Waals surface area contributed by atoms with Crippen LogP contribution >= 0.6 is 0 Å². The van der Waals surface area contributed by atoms with Crippen molar-refractivity contribution in [3.63, 3.8) is 0 Å². The Bertz CT molecular complexity index is 327. The number of carbonyl (C=O) groups excluding carboxylic acids is 1. The summed E-state index contributed by atoms with van der Waals surface area (Å²) in [5.74, 6) is 0.0813. The van der Waals surface area contributed by atoms with Crippen LogP contribution in [0.2, 0.25) is 0 Å². The third-order valence-electron chi connectivity index (χ3n) is 2.47. The summed E-state index contributed by atoms with van der Waals surface area (Å²) in [5.41, 5.74) is 1.46. The van der Waals surface area contributed by atoms with Crippen LogP contribution in [0.25, 0.3) is 0 Å². The average Bonchev–Trinajstić information content (AvgIpc) is 2.65. The van der Waals surface area contributed by atoms with Gasteiger partial charge in [-0.3, -0.25) is 9.89 Å². The number of nitrogens with zero attached hydrogens (tertiary/aromatic N) is 2. The summed E-state index contributed by atoms with van der Waals surface area (Å²) < 4.78 is 0. The highest BCUT2D eigenvalue weighted by atomic mass is 16.2. The minimum atomic E-state index is 0.0813. The van der Waals surface area contributed by atoms with Gasteiger partial charge in [-0.15, -0.1) is 0 Å². The van der Waals surface area contributed by atoms with Gasteiger partial charge in [-0.25, -0.2) is 0 Å². The zero-order valence-corrected chi connectivity index (χ0v) is 8.21. The van der Waals surface area contributed by atoms with Crippen LogP contribution in [0.15, 0.2) is 6.20 Å². The Morgan fingerprint density at radius 3 is 2.79 bits per heavy atom. The fourth-order valence-electron chi connectivity index (χ4n) is 1.61. The SMILES string of the molecule is Cc1n[nH]cc1C(=O)N1CCNCC1. The van der Waals surface area contributed by atoms with Crippen molar-refractivity contribution in [2.45, 2.75) is 6.92 Å². The second-order valence-corrected chi connectivity index (χ2v) is 3.43. The lowest BCUT2D eigenvalue weighted by atomic mass is 10.2. The summed E-state index contributed by atoms with van der Waals surface area (Å²) >= 11 is 0. The van der Waals surface area contributed by atoms with Crippen LogP contribution in [-0.2, 0) is 0 Å². The number of hydrogen-bond acceptors (Lipinski definition) is 3.